The fourth-order valence-electron chi connectivity index (χ4n) is 1.43. The Bertz CT molecular complexity index is 390. The summed E-state index contributed by atoms with van der Waals surface area (Å²) in [6.45, 7) is 5.60. The maximum atomic E-state index is 9.31. The van der Waals surface area contributed by atoms with Crippen LogP contribution >= 0.6 is 0 Å². The van der Waals surface area contributed by atoms with Gasteiger partial charge in [-0.05, 0) is 18.6 Å². The molecule has 0 atom stereocenters. The lowest BCUT2D eigenvalue weighted by Crippen LogP contribution is -2.41. The van der Waals surface area contributed by atoms with E-state index < -0.39 is 0 Å². The Morgan fingerprint density at radius 1 is 1.44 bits per heavy atom. The first-order valence-corrected chi connectivity index (χ1v) is 4.90. The first-order chi connectivity index (χ1) is 7.49. The highest BCUT2D eigenvalue weighted by Gasteiger charge is 2.13. The second kappa shape index (κ2) is 4.98. The van der Waals surface area contributed by atoms with Crippen molar-refractivity contribution < 1.29 is 5.11 Å². The number of aliphatic hydroxyl groups excluding tert-OH is 1. The Kier molecular flexibility index (Phi) is 3.89. The molecule has 0 aromatic heterocycles. The molecule has 0 aliphatic carbocycles. The van der Waals surface area contributed by atoms with Gasteiger partial charge in [0.05, 0.1) is 12.3 Å². The third-order valence-corrected chi connectivity index (χ3v) is 2.49. The van der Waals surface area contributed by atoms with Crippen LogP contribution in [0.25, 0.3) is 0 Å². The van der Waals surface area contributed by atoms with E-state index in [1.165, 1.54) is 10.0 Å². The zero-order chi connectivity index (χ0) is 12.3. The van der Waals surface area contributed by atoms with E-state index in [2.05, 4.69) is 6.58 Å². The van der Waals surface area contributed by atoms with Crippen LogP contribution in [0.4, 0.5) is 5.69 Å². The Morgan fingerprint density at radius 3 is 2.56 bits per heavy atom. The summed E-state index contributed by atoms with van der Waals surface area (Å²) in [6, 6.07) is 5.60. The molecule has 0 saturated heterocycles. The highest BCUT2D eigenvalue weighted by atomic mass is 16.3. The van der Waals surface area contributed by atoms with Crippen molar-refractivity contribution in [2.75, 3.05) is 12.1 Å². The van der Waals surface area contributed by atoms with Crippen molar-refractivity contribution in [2.24, 2.45) is 11.7 Å². The minimum absolute atomic E-state index is 0.0722. The average molecular weight is 222 g/mol. The van der Waals surface area contributed by atoms with E-state index in [1.54, 1.807) is 7.05 Å². The van der Waals surface area contributed by atoms with Crippen molar-refractivity contribution in [1.82, 2.24) is 5.01 Å². The first-order valence-electron chi connectivity index (χ1n) is 4.90. The summed E-state index contributed by atoms with van der Waals surface area (Å²) in [7, 11) is 1.65. The predicted molar refractivity (Wildman–Crippen MR) is 64.9 cm³/mol. The van der Waals surface area contributed by atoms with E-state index in [0.29, 0.717) is 11.5 Å². The summed E-state index contributed by atoms with van der Waals surface area (Å²) in [5.41, 5.74) is 2.45. The summed E-state index contributed by atoms with van der Waals surface area (Å²) < 4.78 is 0. The second-order valence-corrected chi connectivity index (χ2v) is 3.63. The Balaban J connectivity index is 3.13. The van der Waals surface area contributed by atoms with Crippen LogP contribution in [-0.2, 0) is 6.61 Å². The molecule has 88 valence electrons. The standard InChI is InChI=1S/C11H18N4O/c1-8-5-4-6-11(10(8)7-16)15(13)9(2)14(3)12/h4-6,16H,2,7,12-13H2,1,3H3. The zero-order valence-electron chi connectivity index (χ0n) is 9.64. The molecule has 0 bridgehead atoms. The lowest BCUT2D eigenvalue weighted by atomic mass is 10.1. The van der Waals surface area contributed by atoms with Crippen LogP contribution in [0.15, 0.2) is 30.6 Å². The van der Waals surface area contributed by atoms with Gasteiger partial charge in [-0.2, -0.15) is 0 Å². The number of hydrogen-bond acceptors (Lipinski definition) is 5. The van der Waals surface area contributed by atoms with E-state index in [1.807, 2.05) is 25.1 Å². The maximum absolute atomic E-state index is 9.31. The molecule has 0 radical (unpaired) electrons. The zero-order valence-corrected chi connectivity index (χ0v) is 9.64. The van der Waals surface area contributed by atoms with Gasteiger partial charge in [0, 0.05) is 12.6 Å². The number of benzene rings is 1. The van der Waals surface area contributed by atoms with Gasteiger partial charge in [0.1, 0.15) is 5.82 Å². The molecule has 0 amide bonds. The SMILES string of the molecule is C=C(N(C)N)N(N)c1cccc(C)c1CO. The van der Waals surface area contributed by atoms with Crippen LogP contribution in [0.3, 0.4) is 0 Å². The smallest absolute Gasteiger partial charge is 0.130 e. The van der Waals surface area contributed by atoms with Gasteiger partial charge in [-0.1, -0.05) is 18.7 Å². The molecule has 0 aliphatic heterocycles. The minimum Gasteiger partial charge on any atom is -0.392 e. The number of anilines is 1. The van der Waals surface area contributed by atoms with Crippen molar-refractivity contribution in [3.05, 3.63) is 41.7 Å². The highest BCUT2D eigenvalue weighted by molar-refractivity contribution is 5.58. The van der Waals surface area contributed by atoms with Crippen molar-refractivity contribution in [3.8, 4) is 0 Å². The molecule has 5 heteroatoms. The van der Waals surface area contributed by atoms with Crippen LogP contribution in [0.2, 0.25) is 0 Å². The van der Waals surface area contributed by atoms with Crippen LogP contribution < -0.4 is 16.7 Å². The number of nitrogens with zero attached hydrogens (tertiary/aromatic N) is 2. The van der Waals surface area contributed by atoms with Gasteiger partial charge in [-0.3, -0.25) is 10.0 Å². The quantitative estimate of drug-likeness (QED) is 0.509. The summed E-state index contributed by atoms with van der Waals surface area (Å²) in [5, 5.41) is 12.0. The normalized spacial score (nSPS) is 10.1. The van der Waals surface area contributed by atoms with Crippen molar-refractivity contribution in [1.29, 1.82) is 0 Å². The van der Waals surface area contributed by atoms with Crippen LogP contribution in [0.5, 0.6) is 0 Å². The summed E-state index contributed by atoms with van der Waals surface area (Å²) in [5.74, 6) is 11.9. The highest BCUT2D eigenvalue weighted by Crippen LogP contribution is 2.24. The topological polar surface area (TPSA) is 78.8 Å². The third kappa shape index (κ3) is 2.33. The average Bonchev–Trinajstić information content (AvgIpc) is 2.26. The number of nitrogens with two attached hydrogens (primary N) is 2. The summed E-state index contributed by atoms with van der Waals surface area (Å²) >= 11 is 0. The summed E-state index contributed by atoms with van der Waals surface area (Å²) in [6.07, 6.45) is 0. The molecule has 0 aliphatic rings. The molecule has 5 nitrogen and oxygen atoms in total. The van der Waals surface area contributed by atoms with E-state index in [9.17, 15) is 5.11 Å². The minimum atomic E-state index is -0.0722. The number of aliphatic hydroxyl groups is 1. The van der Waals surface area contributed by atoms with Crippen molar-refractivity contribution in [2.45, 2.75) is 13.5 Å². The van der Waals surface area contributed by atoms with Gasteiger partial charge in [-0.15, -0.1) is 0 Å². The Labute approximate surface area is 95.5 Å². The Morgan fingerprint density at radius 2 is 2.06 bits per heavy atom. The van der Waals surface area contributed by atoms with Gasteiger partial charge < -0.3 is 5.11 Å². The molecule has 16 heavy (non-hydrogen) atoms. The van der Waals surface area contributed by atoms with Crippen molar-refractivity contribution in [3.63, 3.8) is 0 Å². The van der Waals surface area contributed by atoms with Crippen LogP contribution in [-0.4, -0.2) is 17.2 Å². The van der Waals surface area contributed by atoms with E-state index >= 15 is 0 Å². The second-order valence-electron chi connectivity index (χ2n) is 3.63. The van der Waals surface area contributed by atoms with Crippen LogP contribution in [0, 0.1) is 6.92 Å². The molecule has 1 aromatic rings. The third-order valence-electron chi connectivity index (χ3n) is 2.49. The molecule has 0 spiro atoms. The van der Waals surface area contributed by atoms with Gasteiger partial charge in [0.15, 0.2) is 0 Å². The lowest BCUT2D eigenvalue weighted by Gasteiger charge is -2.27. The molecule has 0 heterocycles. The fourth-order valence-corrected chi connectivity index (χ4v) is 1.43. The molecular formula is C11H18N4O. The Hall–Kier alpha value is -1.56. The number of hydrazine groups is 2. The largest absolute Gasteiger partial charge is 0.392 e. The molecule has 0 fully saturated rings. The molecular weight excluding hydrogens is 204 g/mol. The maximum Gasteiger partial charge on any atom is 0.130 e. The van der Waals surface area contributed by atoms with Crippen LogP contribution in [0.1, 0.15) is 11.1 Å². The predicted octanol–water partition coefficient (Wildman–Crippen LogP) is 0.444. The number of rotatable bonds is 4. The fraction of sp³-hybridized carbons (Fsp3) is 0.273. The lowest BCUT2D eigenvalue weighted by molar-refractivity contribution is 0.281. The number of hydrogen-bond donors (Lipinski definition) is 3. The molecule has 0 saturated carbocycles. The molecule has 0 unspecified atom stereocenters. The van der Waals surface area contributed by atoms with Gasteiger partial charge in [0.25, 0.3) is 0 Å². The first kappa shape index (κ1) is 12.5. The van der Waals surface area contributed by atoms with Gasteiger partial charge in [-0.25, -0.2) is 11.7 Å². The van der Waals surface area contributed by atoms with Gasteiger partial charge >= 0.3 is 0 Å². The summed E-state index contributed by atoms with van der Waals surface area (Å²) in [4.78, 5) is 0. The number of aryl methyl sites for hydroxylation is 1. The monoisotopic (exact) mass is 222 g/mol. The van der Waals surface area contributed by atoms with E-state index in [4.69, 9.17) is 11.7 Å². The van der Waals surface area contributed by atoms with Crippen molar-refractivity contribution >= 4 is 5.69 Å². The van der Waals surface area contributed by atoms with E-state index in [0.717, 1.165) is 11.1 Å². The molecule has 5 N–H and O–H groups in total. The molecule has 1 rings (SSSR count). The molecule has 1 aromatic carbocycles. The van der Waals surface area contributed by atoms with Gasteiger partial charge in [0.2, 0.25) is 0 Å². The van der Waals surface area contributed by atoms with E-state index in [-0.39, 0.29) is 6.61 Å².